The van der Waals surface area contributed by atoms with E-state index in [0.717, 1.165) is 0 Å². The van der Waals surface area contributed by atoms with Crippen LogP contribution in [0.4, 0.5) is 0 Å². The predicted molar refractivity (Wildman–Crippen MR) is 93.3 cm³/mol. The van der Waals surface area contributed by atoms with Crippen molar-refractivity contribution >= 4 is 225 Å². The van der Waals surface area contributed by atoms with E-state index in [-0.39, 0.29) is 290 Å². The maximum atomic E-state index is 8.55. The molecular weight excluding hydrogens is 1780 g/mol. The molecule has 0 aromatic carbocycles. The average molecular weight is 1780 g/mol. The molecule has 0 aliphatic heterocycles. The Labute approximate surface area is 549 Å². The minimum Gasteiger partial charge on any atom is -0.822 e. The van der Waals surface area contributed by atoms with Crippen LogP contribution in [-0.2, 0) is 189 Å². The minimum atomic E-state index is -5.39. The molecule has 0 rings (SSSR count). The fraction of sp³-hybridized carbons (Fsp3) is 0. The summed E-state index contributed by atoms with van der Waals surface area (Å²) in [6.45, 7) is 0. The van der Waals surface area contributed by atoms with E-state index in [1.807, 2.05) is 0 Å². The molecule has 0 aliphatic rings. The zero-order valence-electron chi connectivity index (χ0n) is 25.9. The average Bonchev–Trinajstić information content (AvgIpc) is 2.34. The molecule has 0 amide bonds. The van der Waals surface area contributed by atoms with E-state index in [9.17, 15) is 0 Å². The van der Waals surface area contributed by atoms with Crippen molar-refractivity contribution in [3.8, 4) is 0 Å². The molecule has 59 heavy (non-hydrogen) atoms. The summed E-state index contributed by atoms with van der Waals surface area (Å²) in [5.41, 5.74) is 0. The van der Waals surface area contributed by atoms with Gasteiger partial charge >= 0.3 is 290 Å². The minimum absolute atomic E-state index is 0. The molecule has 0 aliphatic carbocycles. The number of hydrogen-bond donors (Lipinski definition) is 0. The van der Waals surface area contributed by atoms with E-state index >= 15 is 0 Å². The molecule has 0 saturated heterocycles. The van der Waals surface area contributed by atoms with E-state index in [2.05, 4.69) is 0 Å². The molecular formula is Ba3O40P10Ti3Zr3. The summed E-state index contributed by atoms with van der Waals surface area (Å²) in [6, 6.07) is 0. The molecule has 0 aromatic rings. The van der Waals surface area contributed by atoms with E-state index in [4.69, 9.17) is 192 Å². The first kappa shape index (κ1) is 128. The van der Waals surface area contributed by atoms with Gasteiger partial charge in [-0.2, -0.15) is 78.2 Å². The third kappa shape index (κ3) is 2710. The molecule has 0 spiro atoms. The van der Waals surface area contributed by atoms with Gasteiger partial charge in [-0.3, -0.25) is 0 Å². The topological polar surface area (TPSA) is 862 Å². The zero-order chi connectivity index (χ0) is 45.0. The van der Waals surface area contributed by atoms with Crippen LogP contribution in [0.3, 0.4) is 0 Å². The second kappa shape index (κ2) is 62.9. The summed E-state index contributed by atoms with van der Waals surface area (Å²) in [7, 11) is -53.9. The third-order valence-corrected chi connectivity index (χ3v) is 0. The van der Waals surface area contributed by atoms with E-state index in [1.165, 1.54) is 0 Å². The van der Waals surface area contributed by atoms with Crippen LogP contribution < -0.4 is 147 Å². The zero-order valence-corrected chi connectivity index (χ0v) is 60.2. The maximum absolute atomic E-state index is 8.55. The van der Waals surface area contributed by atoms with Crippen molar-refractivity contribution in [2.45, 2.75) is 0 Å². The molecule has 0 atom stereocenters. The van der Waals surface area contributed by atoms with E-state index < -0.39 is 78.2 Å². The Morgan fingerprint density at radius 1 is 0.153 bits per heavy atom. The van der Waals surface area contributed by atoms with Crippen LogP contribution in [0.2, 0.25) is 0 Å². The largest absolute Gasteiger partial charge is 4.00 e. The molecule has 0 N–H and O–H groups in total. The first-order valence-corrected chi connectivity index (χ1v) is 21.9. The smallest absolute Gasteiger partial charge is 0.822 e. The molecule has 0 unspecified atom stereocenters. The van der Waals surface area contributed by atoms with Gasteiger partial charge in [-0.25, -0.2) is 0 Å². The maximum Gasteiger partial charge on any atom is 4.00 e. The van der Waals surface area contributed by atoms with Gasteiger partial charge in [0.15, 0.2) is 0 Å². The van der Waals surface area contributed by atoms with Crippen molar-refractivity contribution in [2.24, 2.45) is 0 Å². The quantitative estimate of drug-likeness (QED) is 0.160. The molecule has 0 aromatic heterocycles. The summed E-state index contributed by atoms with van der Waals surface area (Å²) in [4.78, 5) is 256. The van der Waals surface area contributed by atoms with Gasteiger partial charge in [0.2, 0.25) is 0 Å². The summed E-state index contributed by atoms with van der Waals surface area (Å²) >= 11 is 0. The summed E-state index contributed by atoms with van der Waals surface area (Å²) in [6.07, 6.45) is 0. The van der Waals surface area contributed by atoms with Crippen molar-refractivity contribution in [1.82, 2.24) is 0 Å². The van der Waals surface area contributed by atoms with Gasteiger partial charge in [-0.05, 0) is 0 Å². The molecule has 0 radical (unpaired) electrons. The standard InChI is InChI=1S/3Ba.10H3O4P.3Ti.3Zr/c;;;10*1-5(2,3)4;;;;;;/h;;;10*(H3,1,2,3,4);;;;;;/q3*+2;;;;;;;;;;;6*+4/p-30. The number of rotatable bonds is 0. The number of hydrogen-bond acceptors (Lipinski definition) is 40. The molecule has 320 valence electrons. The van der Waals surface area contributed by atoms with Crippen molar-refractivity contribution in [3.05, 3.63) is 0 Å². The summed E-state index contributed by atoms with van der Waals surface area (Å²) in [5.74, 6) is 0. The normalized spacial score (nSPS) is 10.0. The van der Waals surface area contributed by atoms with Crippen LogP contribution in [0.1, 0.15) is 0 Å². The van der Waals surface area contributed by atoms with Gasteiger partial charge in [0.1, 0.15) is 0 Å². The fourth-order valence-corrected chi connectivity index (χ4v) is 0. The van der Waals surface area contributed by atoms with Gasteiger partial charge < -0.3 is 192 Å². The van der Waals surface area contributed by atoms with Gasteiger partial charge in [0, 0.05) is 0 Å². The molecule has 59 heteroatoms. The first-order chi connectivity index (χ1) is 20.0. The van der Waals surface area contributed by atoms with Crippen LogP contribution in [0.15, 0.2) is 0 Å². The Balaban J connectivity index is -0.0000000174. The molecule has 0 saturated carbocycles. The second-order valence-corrected chi connectivity index (χ2v) is 13.4. The van der Waals surface area contributed by atoms with Gasteiger partial charge in [-0.15, -0.1) is 0 Å². The van der Waals surface area contributed by atoms with Crippen LogP contribution in [0.5, 0.6) is 0 Å². The summed E-state index contributed by atoms with van der Waals surface area (Å²) in [5, 5.41) is 0. The Morgan fingerprint density at radius 3 is 0.153 bits per heavy atom. The van der Waals surface area contributed by atoms with Crippen LogP contribution in [0, 0.1) is 0 Å². The van der Waals surface area contributed by atoms with Crippen LogP contribution >= 0.6 is 78.2 Å². The van der Waals surface area contributed by atoms with E-state index in [1.54, 1.807) is 0 Å². The third-order valence-electron chi connectivity index (χ3n) is 0. The van der Waals surface area contributed by atoms with Crippen LogP contribution in [-0.4, -0.2) is 147 Å². The SMILES string of the molecule is O=P([O-])([O-])[O-].O=P([O-])([O-])[O-].O=P([O-])([O-])[O-].O=P([O-])([O-])[O-].O=P([O-])([O-])[O-].O=P([O-])([O-])[O-].O=P([O-])([O-])[O-].O=P([O-])([O-])[O-].O=P([O-])([O-])[O-].O=P([O-])([O-])[O-].[Ba+2].[Ba+2].[Ba+2].[Ti+4].[Ti+4].[Ti+4].[Zr+4].[Zr+4].[Zr+4]. The molecule has 0 fully saturated rings. The summed E-state index contributed by atoms with van der Waals surface area (Å²) < 4.78 is 85.5. The number of phosphoric acid groups is 10. The Bertz CT molecular complexity index is 881. The van der Waals surface area contributed by atoms with Crippen molar-refractivity contribution in [1.29, 1.82) is 0 Å². The Hall–Kier alpha value is 10.6. The first-order valence-electron chi connectivity index (χ1n) is 7.30. The second-order valence-electron chi connectivity index (χ2n) is 4.47. The molecule has 0 heterocycles. The Morgan fingerprint density at radius 2 is 0.153 bits per heavy atom. The van der Waals surface area contributed by atoms with E-state index in [0.29, 0.717) is 0 Å². The fourth-order valence-electron chi connectivity index (χ4n) is 0. The van der Waals surface area contributed by atoms with Gasteiger partial charge in [0.25, 0.3) is 0 Å². The monoisotopic (exact) mass is 1780 g/mol. The van der Waals surface area contributed by atoms with Crippen molar-refractivity contribution < 1.29 is 336 Å². The predicted octanol–water partition coefficient (Wildman–Crippen LogP) is -29.4. The van der Waals surface area contributed by atoms with Crippen molar-refractivity contribution in [3.63, 3.8) is 0 Å². The molecule has 0 bridgehead atoms. The van der Waals surface area contributed by atoms with Crippen LogP contribution in [0.25, 0.3) is 0 Å². The van der Waals surface area contributed by atoms with Gasteiger partial charge in [0.05, 0.1) is 0 Å². The molecule has 40 nitrogen and oxygen atoms in total. The van der Waals surface area contributed by atoms with Gasteiger partial charge in [-0.1, -0.05) is 0 Å². The Kier molecular flexibility index (Phi) is 136. The van der Waals surface area contributed by atoms with Crippen molar-refractivity contribution in [2.75, 3.05) is 0 Å².